The maximum atomic E-state index is 12.6. The van der Waals surface area contributed by atoms with Gasteiger partial charge in [-0.3, -0.25) is 14.4 Å². The van der Waals surface area contributed by atoms with Gasteiger partial charge in [0.25, 0.3) is 0 Å². The van der Waals surface area contributed by atoms with E-state index in [0.717, 1.165) is 49.9 Å². The first-order chi connectivity index (χ1) is 13.7. The SMILES string of the molecule is CCC(=O)O[C@H]1CC[C@H]2[C@@H]3CCC4=C(SC(C)=O)C(=O)CC[C@]4(C)[C@H]3CC[C@]12C. The second kappa shape index (κ2) is 7.55. The number of ketones is 1. The largest absolute Gasteiger partial charge is 0.462 e. The van der Waals surface area contributed by atoms with E-state index < -0.39 is 0 Å². The zero-order chi connectivity index (χ0) is 21.0. The number of fused-ring (bicyclic) bond motifs is 5. The molecule has 0 spiro atoms. The highest BCUT2D eigenvalue weighted by atomic mass is 32.2. The van der Waals surface area contributed by atoms with Gasteiger partial charge in [0.15, 0.2) is 10.9 Å². The molecule has 3 fully saturated rings. The van der Waals surface area contributed by atoms with Gasteiger partial charge in [0.2, 0.25) is 0 Å². The maximum Gasteiger partial charge on any atom is 0.305 e. The van der Waals surface area contributed by atoms with Crippen molar-refractivity contribution in [2.24, 2.45) is 28.6 Å². The summed E-state index contributed by atoms with van der Waals surface area (Å²) >= 11 is 1.17. The Bertz CT molecular complexity index is 771. The van der Waals surface area contributed by atoms with Gasteiger partial charge in [-0.15, -0.1) is 0 Å². The van der Waals surface area contributed by atoms with E-state index in [2.05, 4.69) is 13.8 Å². The van der Waals surface area contributed by atoms with Crippen LogP contribution in [0.2, 0.25) is 0 Å². The first-order valence-corrected chi connectivity index (χ1v) is 12.2. The minimum absolute atomic E-state index is 0.0137. The Morgan fingerprint density at radius 1 is 1.07 bits per heavy atom. The lowest BCUT2D eigenvalue weighted by molar-refractivity contribution is -0.159. The lowest BCUT2D eigenvalue weighted by atomic mass is 9.47. The number of esters is 1. The van der Waals surface area contributed by atoms with Crippen LogP contribution in [0.1, 0.15) is 85.5 Å². The van der Waals surface area contributed by atoms with E-state index in [1.807, 2.05) is 6.92 Å². The third kappa shape index (κ3) is 3.32. The van der Waals surface area contributed by atoms with Crippen molar-refractivity contribution in [3.8, 4) is 0 Å². The summed E-state index contributed by atoms with van der Waals surface area (Å²) in [5, 5.41) is 0.0137. The van der Waals surface area contributed by atoms with E-state index in [0.29, 0.717) is 30.6 Å². The Labute approximate surface area is 178 Å². The first-order valence-electron chi connectivity index (χ1n) is 11.4. The van der Waals surface area contributed by atoms with Gasteiger partial charge in [-0.2, -0.15) is 0 Å². The third-order valence-corrected chi connectivity index (χ3v) is 9.76. The molecule has 0 N–H and O–H groups in total. The Hall–Kier alpha value is -1.10. The molecule has 0 bridgehead atoms. The summed E-state index contributed by atoms with van der Waals surface area (Å²) in [7, 11) is 0. The Morgan fingerprint density at radius 2 is 1.83 bits per heavy atom. The van der Waals surface area contributed by atoms with Crippen LogP contribution in [0.4, 0.5) is 0 Å². The molecule has 29 heavy (non-hydrogen) atoms. The maximum absolute atomic E-state index is 12.6. The molecule has 6 atom stereocenters. The molecule has 0 saturated heterocycles. The molecule has 4 nitrogen and oxygen atoms in total. The Balaban J connectivity index is 1.63. The van der Waals surface area contributed by atoms with E-state index in [9.17, 15) is 14.4 Å². The van der Waals surface area contributed by atoms with E-state index in [-0.39, 0.29) is 33.8 Å². The first kappa shape index (κ1) is 21.1. The highest BCUT2D eigenvalue weighted by molar-refractivity contribution is 8.17. The van der Waals surface area contributed by atoms with Crippen LogP contribution >= 0.6 is 11.8 Å². The summed E-state index contributed by atoms with van der Waals surface area (Å²) in [4.78, 5) is 37.1. The van der Waals surface area contributed by atoms with Crippen LogP contribution < -0.4 is 0 Å². The molecule has 0 unspecified atom stereocenters. The fraction of sp³-hybridized carbons (Fsp3) is 0.792. The predicted molar refractivity (Wildman–Crippen MR) is 114 cm³/mol. The van der Waals surface area contributed by atoms with Crippen LogP contribution in [0.15, 0.2) is 10.5 Å². The molecule has 5 heteroatoms. The molecular weight excluding hydrogens is 384 g/mol. The number of hydrogen-bond acceptors (Lipinski definition) is 5. The van der Waals surface area contributed by atoms with Gasteiger partial charge in [0.1, 0.15) is 6.10 Å². The van der Waals surface area contributed by atoms with Crippen molar-refractivity contribution in [3.05, 3.63) is 10.5 Å². The van der Waals surface area contributed by atoms with Crippen LogP contribution in [0.25, 0.3) is 0 Å². The smallest absolute Gasteiger partial charge is 0.305 e. The minimum atomic E-state index is -0.0727. The van der Waals surface area contributed by atoms with Crippen LogP contribution in [-0.4, -0.2) is 23.0 Å². The Morgan fingerprint density at radius 3 is 2.52 bits per heavy atom. The van der Waals surface area contributed by atoms with Gasteiger partial charge >= 0.3 is 5.97 Å². The van der Waals surface area contributed by atoms with Crippen molar-refractivity contribution in [3.63, 3.8) is 0 Å². The number of thioether (sulfide) groups is 1. The summed E-state index contributed by atoms with van der Waals surface area (Å²) in [5.41, 5.74) is 1.39. The molecule has 4 aliphatic carbocycles. The molecule has 0 heterocycles. The number of hydrogen-bond donors (Lipinski definition) is 0. The van der Waals surface area contributed by atoms with E-state index in [1.54, 1.807) is 6.92 Å². The molecule has 3 saturated carbocycles. The van der Waals surface area contributed by atoms with Crippen molar-refractivity contribution in [1.29, 1.82) is 0 Å². The molecule has 0 amide bonds. The summed E-state index contributed by atoms with van der Waals surface area (Å²) < 4.78 is 5.89. The molecule has 0 radical (unpaired) electrons. The topological polar surface area (TPSA) is 60.4 Å². The van der Waals surface area contributed by atoms with Crippen LogP contribution in [0.3, 0.4) is 0 Å². The fourth-order valence-electron chi connectivity index (χ4n) is 7.32. The molecular formula is C24H34O4S. The quantitative estimate of drug-likeness (QED) is 0.571. The second-order valence-electron chi connectivity index (χ2n) is 10.1. The molecule has 0 aromatic heterocycles. The fourth-order valence-corrected chi connectivity index (χ4v) is 8.28. The second-order valence-corrected chi connectivity index (χ2v) is 11.3. The summed E-state index contributed by atoms with van der Waals surface area (Å²) in [6, 6.07) is 0. The normalized spacial score (nSPS) is 41.4. The molecule has 0 aromatic carbocycles. The molecule has 4 rings (SSSR count). The van der Waals surface area contributed by atoms with E-state index >= 15 is 0 Å². The Kier molecular flexibility index (Phi) is 5.50. The average Bonchev–Trinajstić information content (AvgIpc) is 3.00. The summed E-state index contributed by atoms with van der Waals surface area (Å²) in [5.74, 6) is 1.89. The molecule has 4 aliphatic rings. The van der Waals surface area contributed by atoms with Gasteiger partial charge in [-0.25, -0.2) is 0 Å². The van der Waals surface area contributed by atoms with Crippen molar-refractivity contribution < 1.29 is 19.1 Å². The van der Waals surface area contributed by atoms with E-state index in [4.69, 9.17) is 4.74 Å². The van der Waals surface area contributed by atoms with Gasteiger partial charge < -0.3 is 4.74 Å². The number of allylic oxidation sites excluding steroid dienone is 1. The molecule has 0 aliphatic heterocycles. The van der Waals surface area contributed by atoms with Gasteiger partial charge in [-0.1, -0.05) is 20.8 Å². The van der Waals surface area contributed by atoms with E-state index in [1.165, 1.54) is 17.3 Å². The van der Waals surface area contributed by atoms with Crippen molar-refractivity contribution in [1.82, 2.24) is 0 Å². The highest BCUT2D eigenvalue weighted by Gasteiger charge is 2.60. The zero-order valence-electron chi connectivity index (χ0n) is 18.2. The van der Waals surface area contributed by atoms with Crippen molar-refractivity contribution >= 4 is 28.6 Å². The average molecular weight is 419 g/mol. The lowest BCUT2D eigenvalue weighted by Crippen LogP contribution is -2.52. The molecule has 0 aromatic rings. The van der Waals surface area contributed by atoms with Crippen molar-refractivity contribution in [2.75, 3.05) is 0 Å². The lowest BCUT2D eigenvalue weighted by Gasteiger charge is -2.58. The van der Waals surface area contributed by atoms with Crippen LogP contribution in [0.5, 0.6) is 0 Å². The van der Waals surface area contributed by atoms with Gasteiger partial charge in [0.05, 0.1) is 4.91 Å². The number of Topliss-reactive ketones (excluding diaryl/α,β-unsaturated/α-hetero) is 1. The zero-order valence-corrected chi connectivity index (χ0v) is 19.0. The third-order valence-electron chi connectivity index (χ3n) is 8.79. The van der Waals surface area contributed by atoms with Gasteiger partial charge in [-0.05, 0) is 85.4 Å². The number of carbonyl (C=O) groups excluding carboxylic acids is 3. The summed E-state index contributed by atoms with van der Waals surface area (Å²) in [6.45, 7) is 8.14. The van der Waals surface area contributed by atoms with Crippen molar-refractivity contribution in [2.45, 2.75) is 91.6 Å². The number of carbonyl (C=O) groups is 3. The monoisotopic (exact) mass is 418 g/mol. The summed E-state index contributed by atoms with van der Waals surface area (Å²) in [6.07, 6.45) is 8.37. The highest BCUT2D eigenvalue weighted by Crippen LogP contribution is 2.66. The number of ether oxygens (including phenoxy) is 1. The minimum Gasteiger partial charge on any atom is -0.462 e. The van der Waals surface area contributed by atoms with Gasteiger partial charge in [0, 0.05) is 25.2 Å². The van der Waals surface area contributed by atoms with Crippen LogP contribution in [-0.2, 0) is 19.1 Å². The molecule has 160 valence electrons. The number of rotatable bonds is 3. The standard InChI is InChI=1S/C24H34O4S/c1-5-21(27)28-20-9-8-16-15-6-7-18-22(29-14(2)25)19(26)11-13-23(18,3)17(15)10-12-24(16,20)4/h15-17,20H,5-13H2,1-4H3/t15-,16-,17-,20-,23+,24-/m0/s1. The van der Waals surface area contributed by atoms with Crippen LogP contribution in [0, 0.1) is 28.6 Å². The predicted octanol–water partition coefficient (Wildman–Crippen LogP) is 5.45.